The Bertz CT molecular complexity index is 1160. The molecule has 1 aliphatic rings. The molecular weight excluding hydrogens is 350 g/mol. The van der Waals surface area contributed by atoms with Crippen LogP contribution in [0.4, 0.5) is 8.78 Å². The fraction of sp³-hybridized carbons (Fsp3) is 0.250. The van der Waals surface area contributed by atoms with E-state index in [9.17, 15) is 8.78 Å². The Morgan fingerprint density at radius 2 is 1.96 bits per heavy atom. The maximum absolute atomic E-state index is 14.2. The Kier molecular flexibility index (Phi) is 3.40. The molecule has 0 N–H and O–H groups in total. The Hall–Kier alpha value is -3.09. The largest absolute Gasteiger partial charge is 0.443 e. The molecule has 0 spiro atoms. The first kappa shape index (κ1) is 16.1. The van der Waals surface area contributed by atoms with Gasteiger partial charge in [-0.25, -0.2) is 13.8 Å². The van der Waals surface area contributed by atoms with Gasteiger partial charge in [0.25, 0.3) is 0 Å². The minimum Gasteiger partial charge on any atom is -0.443 e. The maximum atomic E-state index is 14.2. The average Bonchev–Trinajstić information content (AvgIpc) is 3.26. The van der Waals surface area contributed by atoms with Crippen molar-refractivity contribution in [1.29, 1.82) is 0 Å². The van der Waals surface area contributed by atoms with Crippen LogP contribution in [0.25, 0.3) is 28.2 Å². The van der Waals surface area contributed by atoms with E-state index in [1.165, 1.54) is 24.9 Å². The van der Waals surface area contributed by atoms with Crippen LogP contribution >= 0.6 is 0 Å². The number of oxazole rings is 1. The summed E-state index contributed by atoms with van der Waals surface area (Å²) in [6, 6.07) is 7.09. The SMILES string of the molecule is CC1(c2nnc3ccc(-c4ocnc4-c4ccc(F)cc4F)cn23)CCC1. The van der Waals surface area contributed by atoms with E-state index in [0.717, 1.165) is 35.9 Å². The van der Waals surface area contributed by atoms with Gasteiger partial charge in [0.1, 0.15) is 23.2 Å². The van der Waals surface area contributed by atoms with Crippen molar-refractivity contribution in [2.24, 2.45) is 0 Å². The number of benzene rings is 1. The van der Waals surface area contributed by atoms with E-state index in [1.54, 1.807) is 0 Å². The molecule has 7 heteroatoms. The fourth-order valence-electron chi connectivity index (χ4n) is 3.69. The zero-order valence-corrected chi connectivity index (χ0v) is 14.6. The second-order valence-electron chi connectivity index (χ2n) is 7.24. The Balaban J connectivity index is 1.65. The highest BCUT2D eigenvalue weighted by atomic mass is 19.1. The van der Waals surface area contributed by atoms with Crippen LogP contribution in [0.2, 0.25) is 0 Å². The highest BCUT2D eigenvalue weighted by molar-refractivity contribution is 5.77. The quantitative estimate of drug-likeness (QED) is 0.524. The standard InChI is InChI=1S/C20H16F2N4O/c1-20(7-2-8-20)19-25-24-16-6-3-12(10-26(16)19)18-17(23-11-27-18)14-5-4-13(21)9-15(14)22/h3-6,9-11H,2,7-8H2,1H3. The van der Waals surface area contributed by atoms with Gasteiger partial charge in [-0.2, -0.15) is 0 Å². The molecule has 0 bridgehead atoms. The molecular formula is C20H16F2N4O. The normalized spacial score (nSPS) is 15.8. The van der Waals surface area contributed by atoms with Crippen molar-refractivity contribution in [3.63, 3.8) is 0 Å². The number of hydrogen-bond acceptors (Lipinski definition) is 4. The van der Waals surface area contributed by atoms with Crippen LogP contribution in [0.15, 0.2) is 47.3 Å². The lowest BCUT2D eigenvalue weighted by molar-refractivity contribution is 0.254. The molecule has 1 aliphatic carbocycles. The smallest absolute Gasteiger partial charge is 0.182 e. The van der Waals surface area contributed by atoms with Gasteiger partial charge >= 0.3 is 0 Å². The van der Waals surface area contributed by atoms with Gasteiger partial charge < -0.3 is 4.42 Å². The van der Waals surface area contributed by atoms with Gasteiger partial charge in [-0.1, -0.05) is 13.3 Å². The highest BCUT2D eigenvalue weighted by Crippen LogP contribution is 2.42. The molecule has 0 aliphatic heterocycles. The molecule has 3 heterocycles. The zero-order valence-electron chi connectivity index (χ0n) is 14.6. The Morgan fingerprint density at radius 3 is 2.70 bits per heavy atom. The van der Waals surface area contributed by atoms with E-state index in [4.69, 9.17) is 4.42 Å². The van der Waals surface area contributed by atoms with Gasteiger partial charge in [0.2, 0.25) is 0 Å². The van der Waals surface area contributed by atoms with Crippen molar-refractivity contribution in [1.82, 2.24) is 19.6 Å². The summed E-state index contributed by atoms with van der Waals surface area (Å²) in [5, 5.41) is 8.64. The molecule has 136 valence electrons. The average molecular weight is 366 g/mol. The molecule has 1 saturated carbocycles. The first-order valence-electron chi connectivity index (χ1n) is 8.80. The fourth-order valence-corrected chi connectivity index (χ4v) is 3.69. The van der Waals surface area contributed by atoms with Crippen LogP contribution in [0.3, 0.4) is 0 Å². The molecule has 1 fully saturated rings. The first-order chi connectivity index (χ1) is 13.0. The van der Waals surface area contributed by atoms with Crippen LogP contribution in [0, 0.1) is 11.6 Å². The number of pyridine rings is 1. The minimum absolute atomic E-state index is 0.0192. The second kappa shape index (κ2) is 5.70. The lowest BCUT2D eigenvalue weighted by Crippen LogP contribution is -2.32. The summed E-state index contributed by atoms with van der Waals surface area (Å²) in [6.45, 7) is 2.19. The van der Waals surface area contributed by atoms with Crippen molar-refractivity contribution in [3.05, 3.63) is 60.4 Å². The molecule has 5 rings (SSSR count). The summed E-state index contributed by atoms with van der Waals surface area (Å²) in [5.74, 6) is 0.0178. The van der Waals surface area contributed by atoms with E-state index < -0.39 is 11.6 Å². The van der Waals surface area contributed by atoms with Gasteiger partial charge in [0.05, 0.1) is 0 Å². The number of nitrogens with zero attached hydrogens (tertiary/aromatic N) is 4. The van der Waals surface area contributed by atoms with Crippen molar-refractivity contribution < 1.29 is 13.2 Å². The van der Waals surface area contributed by atoms with E-state index >= 15 is 0 Å². The number of halogens is 2. The van der Waals surface area contributed by atoms with E-state index in [0.29, 0.717) is 11.5 Å². The van der Waals surface area contributed by atoms with Gasteiger partial charge in [-0.3, -0.25) is 4.40 Å². The van der Waals surface area contributed by atoms with Gasteiger partial charge in [-0.15, -0.1) is 10.2 Å². The van der Waals surface area contributed by atoms with Crippen LogP contribution < -0.4 is 0 Å². The Morgan fingerprint density at radius 1 is 1.11 bits per heavy atom. The number of rotatable bonds is 3. The summed E-state index contributed by atoms with van der Waals surface area (Å²) in [4.78, 5) is 4.15. The summed E-state index contributed by atoms with van der Waals surface area (Å²) in [5.41, 5.74) is 2.01. The van der Waals surface area contributed by atoms with Crippen LogP contribution in [0.1, 0.15) is 32.0 Å². The topological polar surface area (TPSA) is 56.2 Å². The molecule has 0 saturated heterocycles. The van der Waals surface area contributed by atoms with Gasteiger partial charge in [-0.05, 0) is 37.1 Å². The molecule has 5 nitrogen and oxygen atoms in total. The third-order valence-electron chi connectivity index (χ3n) is 5.42. The van der Waals surface area contributed by atoms with Gasteiger partial charge in [0, 0.05) is 28.8 Å². The molecule has 0 atom stereocenters. The van der Waals surface area contributed by atoms with Gasteiger partial charge in [0.15, 0.2) is 17.8 Å². The van der Waals surface area contributed by atoms with Crippen molar-refractivity contribution >= 4 is 5.65 Å². The summed E-state index contributed by atoms with van der Waals surface area (Å²) >= 11 is 0. The van der Waals surface area contributed by atoms with Crippen LogP contribution in [0.5, 0.6) is 0 Å². The molecule has 3 aromatic heterocycles. The predicted molar refractivity (Wildman–Crippen MR) is 95.0 cm³/mol. The van der Waals surface area contributed by atoms with Crippen LogP contribution in [-0.2, 0) is 5.41 Å². The van der Waals surface area contributed by atoms with E-state index in [2.05, 4.69) is 22.1 Å². The minimum atomic E-state index is -0.682. The molecule has 0 amide bonds. The molecule has 27 heavy (non-hydrogen) atoms. The van der Waals surface area contributed by atoms with E-state index in [-0.39, 0.29) is 11.0 Å². The second-order valence-corrected chi connectivity index (χ2v) is 7.24. The Labute approximate surface area is 153 Å². The monoisotopic (exact) mass is 366 g/mol. The predicted octanol–water partition coefficient (Wildman–Crippen LogP) is 4.77. The molecule has 1 aromatic carbocycles. The zero-order chi connectivity index (χ0) is 18.6. The lowest BCUT2D eigenvalue weighted by Gasteiger charge is -2.36. The van der Waals surface area contributed by atoms with E-state index in [1.807, 2.05) is 22.7 Å². The van der Waals surface area contributed by atoms with Crippen LogP contribution in [-0.4, -0.2) is 19.6 Å². The van der Waals surface area contributed by atoms with Crippen molar-refractivity contribution in [2.75, 3.05) is 0 Å². The first-order valence-corrected chi connectivity index (χ1v) is 8.80. The molecule has 0 radical (unpaired) electrons. The maximum Gasteiger partial charge on any atom is 0.182 e. The van der Waals surface area contributed by atoms with Crippen molar-refractivity contribution in [2.45, 2.75) is 31.6 Å². The lowest BCUT2D eigenvalue weighted by atomic mass is 9.70. The molecule has 0 unspecified atom stereocenters. The third-order valence-corrected chi connectivity index (χ3v) is 5.42. The highest BCUT2D eigenvalue weighted by Gasteiger charge is 2.38. The number of aromatic nitrogens is 4. The summed E-state index contributed by atoms with van der Waals surface area (Å²) in [7, 11) is 0. The van der Waals surface area contributed by atoms with Crippen molar-refractivity contribution in [3.8, 4) is 22.6 Å². The number of fused-ring (bicyclic) bond motifs is 1. The summed E-state index contributed by atoms with van der Waals surface area (Å²) in [6.07, 6.45) is 6.48. The third kappa shape index (κ3) is 2.45. The molecule has 4 aromatic rings. The number of hydrogen-bond donors (Lipinski definition) is 0. The summed E-state index contributed by atoms with van der Waals surface area (Å²) < 4.78 is 35.0.